The van der Waals surface area contributed by atoms with Crippen LogP contribution in [0.3, 0.4) is 0 Å². The van der Waals surface area contributed by atoms with Crippen LogP contribution in [0.25, 0.3) is 0 Å². The summed E-state index contributed by atoms with van der Waals surface area (Å²) >= 11 is 0. The molecule has 1 N–H and O–H groups in total. The van der Waals surface area contributed by atoms with Crippen LogP contribution in [0.2, 0.25) is 0 Å². The number of carboxylic acids is 1. The molecule has 0 aromatic heterocycles. The van der Waals surface area contributed by atoms with E-state index in [4.69, 9.17) is 5.11 Å². The fourth-order valence-corrected chi connectivity index (χ4v) is 1.37. The number of aliphatic carboxylic acids is 1. The minimum absolute atomic E-state index is 0.0538. The monoisotopic (exact) mass is 188 g/mol. The fourth-order valence-electron chi connectivity index (χ4n) is 1.37. The van der Waals surface area contributed by atoms with Crippen molar-refractivity contribution in [3.8, 4) is 0 Å². The number of hydrogen-bond acceptors (Lipinski definition) is 1. The highest BCUT2D eigenvalue weighted by Gasteiger charge is 2.44. The van der Waals surface area contributed by atoms with E-state index in [2.05, 4.69) is 0 Å². The number of hydrogen-bond donors (Lipinski definition) is 1. The molecule has 0 aromatic carbocycles. The molecule has 0 fully saturated rings. The standard InChI is InChI=1S/C9H10F2O2/c1-2-9(11)5-3-4-6(10)7(9)8(12)13/h3-5,7H,2H2,1H3,(H,12,13). The van der Waals surface area contributed by atoms with E-state index in [9.17, 15) is 13.6 Å². The van der Waals surface area contributed by atoms with Crippen LogP contribution >= 0.6 is 0 Å². The van der Waals surface area contributed by atoms with E-state index in [1.165, 1.54) is 13.0 Å². The first-order chi connectivity index (χ1) is 6.01. The van der Waals surface area contributed by atoms with Gasteiger partial charge in [0, 0.05) is 0 Å². The maximum absolute atomic E-state index is 13.7. The minimum Gasteiger partial charge on any atom is -0.481 e. The Balaban J connectivity index is 3.06. The lowest BCUT2D eigenvalue weighted by atomic mass is 9.82. The van der Waals surface area contributed by atoms with Gasteiger partial charge >= 0.3 is 5.97 Å². The Labute approximate surface area is 74.6 Å². The lowest BCUT2D eigenvalue weighted by molar-refractivity contribution is -0.145. The summed E-state index contributed by atoms with van der Waals surface area (Å²) in [4.78, 5) is 10.6. The van der Waals surface area contributed by atoms with Crippen LogP contribution in [0.5, 0.6) is 0 Å². The third-order valence-corrected chi connectivity index (χ3v) is 2.17. The van der Waals surface area contributed by atoms with Gasteiger partial charge in [0.25, 0.3) is 0 Å². The highest BCUT2D eigenvalue weighted by atomic mass is 19.2. The zero-order chi connectivity index (χ0) is 10.1. The van der Waals surface area contributed by atoms with Gasteiger partial charge in [0.2, 0.25) is 0 Å². The summed E-state index contributed by atoms with van der Waals surface area (Å²) in [6, 6.07) is 0. The molecule has 2 unspecified atom stereocenters. The molecule has 0 radical (unpaired) electrons. The molecule has 0 aliphatic heterocycles. The van der Waals surface area contributed by atoms with E-state index in [0.717, 1.165) is 12.2 Å². The number of carbonyl (C=O) groups is 1. The fraction of sp³-hybridized carbons (Fsp3) is 0.444. The Morgan fingerprint density at radius 2 is 2.38 bits per heavy atom. The normalized spacial score (nSPS) is 32.8. The molecule has 1 aliphatic rings. The smallest absolute Gasteiger partial charge is 0.317 e. The molecule has 0 saturated carbocycles. The van der Waals surface area contributed by atoms with Crippen molar-refractivity contribution >= 4 is 5.97 Å². The molecule has 0 amide bonds. The van der Waals surface area contributed by atoms with Crippen LogP contribution < -0.4 is 0 Å². The average Bonchev–Trinajstić information content (AvgIpc) is 2.03. The number of carboxylic acid groups (broad SMARTS) is 1. The third-order valence-electron chi connectivity index (χ3n) is 2.17. The molecule has 0 heterocycles. The molecule has 0 aromatic rings. The number of alkyl halides is 1. The molecule has 4 heteroatoms. The number of allylic oxidation sites excluding steroid dienone is 3. The first-order valence-electron chi connectivity index (χ1n) is 3.98. The van der Waals surface area contributed by atoms with Crippen molar-refractivity contribution in [2.75, 3.05) is 0 Å². The molecule has 0 bridgehead atoms. The van der Waals surface area contributed by atoms with Crippen LogP contribution in [0, 0.1) is 5.92 Å². The van der Waals surface area contributed by atoms with Crippen LogP contribution in [-0.4, -0.2) is 16.7 Å². The van der Waals surface area contributed by atoms with Crippen molar-refractivity contribution in [2.24, 2.45) is 5.92 Å². The quantitative estimate of drug-likeness (QED) is 0.721. The van der Waals surface area contributed by atoms with Gasteiger partial charge in [0.1, 0.15) is 17.4 Å². The summed E-state index contributed by atoms with van der Waals surface area (Å²) in [6.45, 7) is 1.48. The van der Waals surface area contributed by atoms with Gasteiger partial charge in [-0.25, -0.2) is 8.78 Å². The number of rotatable bonds is 2. The van der Waals surface area contributed by atoms with Gasteiger partial charge in [-0.05, 0) is 18.6 Å². The van der Waals surface area contributed by atoms with Crippen molar-refractivity contribution in [1.82, 2.24) is 0 Å². The van der Waals surface area contributed by atoms with Crippen molar-refractivity contribution in [3.05, 3.63) is 24.1 Å². The first-order valence-corrected chi connectivity index (χ1v) is 3.98. The molecule has 1 rings (SSSR count). The Morgan fingerprint density at radius 1 is 1.77 bits per heavy atom. The molecular formula is C9H10F2O2. The lowest BCUT2D eigenvalue weighted by Crippen LogP contribution is -2.38. The largest absolute Gasteiger partial charge is 0.481 e. The summed E-state index contributed by atoms with van der Waals surface area (Å²) in [5, 5.41) is 8.62. The SMILES string of the molecule is CCC1(F)C=CC=C(F)C1C(=O)O. The Bertz CT molecular complexity index is 283. The van der Waals surface area contributed by atoms with Crippen LogP contribution in [0.15, 0.2) is 24.1 Å². The summed E-state index contributed by atoms with van der Waals surface area (Å²) in [6.07, 6.45) is 3.22. The van der Waals surface area contributed by atoms with Gasteiger partial charge in [-0.15, -0.1) is 0 Å². The van der Waals surface area contributed by atoms with Gasteiger partial charge in [-0.3, -0.25) is 4.79 Å². The Kier molecular flexibility index (Phi) is 2.50. The van der Waals surface area contributed by atoms with Crippen LogP contribution in [0.1, 0.15) is 13.3 Å². The van der Waals surface area contributed by atoms with E-state index in [0.29, 0.717) is 0 Å². The van der Waals surface area contributed by atoms with Crippen molar-refractivity contribution in [1.29, 1.82) is 0 Å². The molecular weight excluding hydrogens is 178 g/mol. The third kappa shape index (κ3) is 1.61. The topological polar surface area (TPSA) is 37.3 Å². The van der Waals surface area contributed by atoms with Crippen molar-refractivity contribution in [3.63, 3.8) is 0 Å². The molecule has 72 valence electrons. The van der Waals surface area contributed by atoms with Crippen LogP contribution in [0.4, 0.5) is 8.78 Å². The predicted octanol–water partition coefficient (Wildman–Crippen LogP) is 2.23. The molecule has 0 spiro atoms. The minimum atomic E-state index is -2.09. The van der Waals surface area contributed by atoms with Crippen molar-refractivity contribution < 1.29 is 18.7 Å². The summed E-state index contributed by atoms with van der Waals surface area (Å²) in [7, 11) is 0. The highest BCUT2D eigenvalue weighted by Crippen LogP contribution is 2.36. The highest BCUT2D eigenvalue weighted by molar-refractivity contribution is 5.76. The Morgan fingerprint density at radius 3 is 2.77 bits per heavy atom. The second kappa shape index (κ2) is 3.28. The zero-order valence-electron chi connectivity index (χ0n) is 7.13. The maximum atomic E-state index is 13.7. The number of halogens is 2. The van der Waals surface area contributed by atoms with E-state index in [-0.39, 0.29) is 6.42 Å². The summed E-state index contributed by atoms with van der Waals surface area (Å²) in [5.41, 5.74) is -2.09. The second-order valence-electron chi connectivity index (χ2n) is 2.96. The summed E-state index contributed by atoms with van der Waals surface area (Å²) < 4.78 is 26.7. The molecule has 1 aliphatic carbocycles. The van der Waals surface area contributed by atoms with E-state index in [1.54, 1.807) is 0 Å². The molecule has 0 saturated heterocycles. The summed E-state index contributed by atoms with van der Waals surface area (Å²) in [5.74, 6) is -4.09. The van der Waals surface area contributed by atoms with E-state index >= 15 is 0 Å². The molecule has 2 atom stereocenters. The molecule has 13 heavy (non-hydrogen) atoms. The first kappa shape index (κ1) is 9.89. The molecule has 2 nitrogen and oxygen atoms in total. The van der Waals surface area contributed by atoms with Crippen LogP contribution in [-0.2, 0) is 4.79 Å². The van der Waals surface area contributed by atoms with Crippen molar-refractivity contribution in [2.45, 2.75) is 19.0 Å². The average molecular weight is 188 g/mol. The lowest BCUT2D eigenvalue weighted by Gasteiger charge is -2.28. The van der Waals surface area contributed by atoms with Gasteiger partial charge in [-0.1, -0.05) is 13.0 Å². The zero-order valence-corrected chi connectivity index (χ0v) is 7.13. The van der Waals surface area contributed by atoms with Gasteiger partial charge in [0.05, 0.1) is 0 Å². The van der Waals surface area contributed by atoms with Gasteiger partial charge in [0.15, 0.2) is 0 Å². The van der Waals surface area contributed by atoms with Gasteiger partial charge in [-0.2, -0.15) is 0 Å². The van der Waals surface area contributed by atoms with E-state index in [1.807, 2.05) is 0 Å². The Hall–Kier alpha value is -1.19. The van der Waals surface area contributed by atoms with Gasteiger partial charge < -0.3 is 5.11 Å². The second-order valence-corrected chi connectivity index (χ2v) is 2.96. The maximum Gasteiger partial charge on any atom is 0.317 e. The predicted molar refractivity (Wildman–Crippen MR) is 43.6 cm³/mol. The van der Waals surface area contributed by atoms with E-state index < -0.39 is 23.4 Å².